The molecule has 0 aliphatic rings. The predicted molar refractivity (Wildman–Crippen MR) is 378 cm³/mol. The fraction of sp³-hybridized carbons (Fsp3) is 0.900. The van der Waals surface area contributed by atoms with Gasteiger partial charge in [-0.05, 0) is 89.9 Å². The number of rotatable bonds is 74. The predicted octanol–water partition coefficient (Wildman–Crippen LogP) is 25.6. The molecule has 0 bridgehead atoms. The van der Waals surface area contributed by atoms with Gasteiger partial charge in [0.05, 0.1) is 25.9 Å². The Kier molecular flexibility index (Phi) is 71.5. The maximum atomic E-state index is 12.8. The number of hydrogen-bond acceptors (Lipinski definition) is 8. The van der Waals surface area contributed by atoms with Gasteiger partial charge in [-0.1, -0.05) is 335 Å². The van der Waals surface area contributed by atoms with Crippen LogP contribution >= 0.6 is 0 Å². The van der Waals surface area contributed by atoms with Gasteiger partial charge in [0, 0.05) is 31.6 Å². The zero-order valence-electron chi connectivity index (χ0n) is 59.4. The Bertz CT molecular complexity index is 1400. The highest BCUT2D eigenvalue weighted by Crippen LogP contribution is 2.20. The van der Waals surface area contributed by atoms with Crippen molar-refractivity contribution < 1.29 is 38.1 Å². The minimum Gasteiger partial charge on any atom is -0.466 e. The van der Waals surface area contributed by atoms with E-state index in [9.17, 15) is 19.2 Å². The number of ketones is 1. The number of Topliss-reactive ketones (excluding diaryl/α,β-unsaturated/α-hetero) is 1. The van der Waals surface area contributed by atoms with Crippen molar-refractivity contribution in [1.29, 1.82) is 0 Å². The fourth-order valence-electron chi connectivity index (χ4n) is 12.0. The lowest BCUT2D eigenvalue weighted by atomic mass is 9.99. The van der Waals surface area contributed by atoms with E-state index < -0.39 is 0 Å². The molecule has 0 radical (unpaired) electrons. The molecule has 0 aromatic heterocycles. The molecule has 0 aliphatic heterocycles. The van der Waals surface area contributed by atoms with Crippen molar-refractivity contribution in [1.82, 2.24) is 0 Å². The molecule has 0 amide bonds. The Hall–Kier alpha value is -2.48. The van der Waals surface area contributed by atoms with Crippen LogP contribution in [0.3, 0.4) is 0 Å². The van der Waals surface area contributed by atoms with Gasteiger partial charge < -0.3 is 18.9 Å². The molecule has 0 fully saturated rings. The van der Waals surface area contributed by atoms with Crippen LogP contribution in [0.4, 0.5) is 0 Å². The van der Waals surface area contributed by atoms with Crippen molar-refractivity contribution in [3.8, 4) is 0 Å². The van der Waals surface area contributed by atoms with Crippen LogP contribution in [0.1, 0.15) is 426 Å². The van der Waals surface area contributed by atoms with E-state index in [1.165, 1.54) is 238 Å². The zero-order valence-corrected chi connectivity index (χ0v) is 59.4. The molecule has 0 saturated heterocycles. The van der Waals surface area contributed by atoms with Crippen LogP contribution in [-0.2, 0) is 38.1 Å². The van der Waals surface area contributed by atoms with Gasteiger partial charge in [-0.3, -0.25) is 19.2 Å². The Morgan fingerprint density at radius 2 is 0.568 bits per heavy atom. The Morgan fingerprint density at radius 1 is 0.284 bits per heavy atom. The minimum absolute atomic E-state index is 0.0178. The van der Waals surface area contributed by atoms with Crippen molar-refractivity contribution in [2.45, 2.75) is 432 Å². The van der Waals surface area contributed by atoms with Crippen LogP contribution in [0.15, 0.2) is 24.3 Å². The second-order valence-corrected chi connectivity index (χ2v) is 27.0. The number of unbranched alkanes of at least 4 members (excludes halogenated alkanes) is 49. The Balaban J connectivity index is 4.08. The van der Waals surface area contributed by atoms with Gasteiger partial charge in [0.25, 0.3) is 0 Å². The third kappa shape index (κ3) is 69.4. The van der Waals surface area contributed by atoms with Gasteiger partial charge in [-0.2, -0.15) is 0 Å². The lowest BCUT2D eigenvalue weighted by Gasteiger charge is -2.14. The normalized spacial score (nSPS) is 12.4. The lowest BCUT2D eigenvalue weighted by Crippen LogP contribution is -2.17. The Labute approximate surface area is 547 Å². The van der Waals surface area contributed by atoms with E-state index in [-0.39, 0.29) is 36.4 Å². The fourth-order valence-corrected chi connectivity index (χ4v) is 12.0. The maximum absolute atomic E-state index is 12.8. The molecule has 2 atom stereocenters. The summed E-state index contributed by atoms with van der Waals surface area (Å²) in [7, 11) is 0. The van der Waals surface area contributed by atoms with Gasteiger partial charge in [0.1, 0.15) is 6.61 Å². The first-order valence-electron chi connectivity index (χ1n) is 39.3. The Morgan fingerprint density at radius 3 is 0.943 bits per heavy atom. The average molecular weight is 1240 g/mol. The highest BCUT2D eigenvalue weighted by Gasteiger charge is 2.12. The van der Waals surface area contributed by atoms with E-state index in [0.717, 1.165) is 135 Å². The van der Waals surface area contributed by atoms with Gasteiger partial charge in [0.2, 0.25) is 0 Å². The lowest BCUT2D eigenvalue weighted by molar-refractivity contribution is -0.145. The SMILES string of the molecule is CCCCCCCCCCCCCCCCCC(=O)COC(/C=C/CCCCCCC(=O)OCCCCCCOC(=O)CCCCCC/C=C/C(CCCCCCCC)COC(=O)CCCCCCCCCCCCCCCCC)CCCCCCCC. The molecule has 0 saturated carbocycles. The monoisotopic (exact) mass is 1240 g/mol. The van der Waals surface area contributed by atoms with Crippen molar-refractivity contribution in [2.24, 2.45) is 5.92 Å². The molecule has 0 aromatic carbocycles. The maximum Gasteiger partial charge on any atom is 0.305 e. The van der Waals surface area contributed by atoms with Crippen molar-refractivity contribution in [3.05, 3.63) is 24.3 Å². The van der Waals surface area contributed by atoms with E-state index in [0.29, 0.717) is 51.4 Å². The van der Waals surface area contributed by atoms with E-state index in [4.69, 9.17) is 18.9 Å². The molecule has 0 heterocycles. The number of allylic oxidation sites excluding steroid dienone is 2. The molecule has 0 aliphatic carbocycles. The summed E-state index contributed by atoms with van der Waals surface area (Å²) < 4.78 is 23.1. The number of hydrogen-bond donors (Lipinski definition) is 0. The van der Waals surface area contributed by atoms with E-state index in [2.05, 4.69) is 52.0 Å². The van der Waals surface area contributed by atoms with E-state index in [1.54, 1.807) is 0 Å². The molecule has 8 heteroatoms. The van der Waals surface area contributed by atoms with Gasteiger partial charge in [0.15, 0.2) is 5.78 Å². The third-order valence-electron chi connectivity index (χ3n) is 18.1. The second-order valence-electron chi connectivity index (χ2n) is 27.0. The molecule has 518 valence electrons. The van der Waals surface area contributed by atoms with Gasteiger partial charge in [-0.15, -0.1) is 0 Å². The molecule has 88 heavy (non-hydrogen) atoms. The first-order chi connectivity index (χ1) is 43.4. The summed E-state index contributed by atoms with van der Waals surface area (Å²) in [6, 6.07) is 0. The van der Waals surface area contributed by atoms with E-state index in [1.807, 2.05) is 0 Å². The van der Waals surface area contributed by atoms with Crippen LogP contribution in [0, 0.1) is 5.92 Å². The molecule has 0 rings (SSSR count). The molecule has 8 nitrogen and oxygen atoms in total. The molecular weight excluding hydrogens is 1090 g/mol. The van der Waals surface area contributed by atoms with Crippen LogP contribution in [0.2, 0.25) is 0 Å². The number of carbonyl (C=O) groups excluding carboxylic acids is 4. The molecule has 2 unspecified atom stereocenters. The highest BCUT2D eigenvalue weighted by molar-refractivity contribution is 5.79. The standard InChI is InChI=1S/C80H150O8/c1-5-9-13-17-21-23-25-27-29-31-33-35-37-45-55-65-76(81)74-87-77(66-56-46-20-16-12-8-4)67-57-47-40-42-50-59-69-79(83)86-72-62-52-51-61-71-85-78(82)68-58-49-41-39-44-54-64-75(63-53-43-19-15-11-7-3)73-88-80(84)70-60-48-38-36-34-32-30-28-26-24-22-18-14-10-6-2/h54,57,64,67,75,77H,5-53,55-56,58-63,65-66,68-74H2,1-4H3/b64-54+,67-57+. The molecular formula is C80H150O8. The minimum atomic E-state index is -0.100. The first kappa shape index (κ1) is 85.5. The number of ether oxygens (including phenoxy) is 4. The average Bonchev–Trinajstić information content (AvgIpc) is 3.53. The molecule has 0 spiro atoms. The summed E-state index contributed by atoms with van der Waals surface area (Å²) >= 11 is 0. The van der Waals surface area contributed by atoms with Crippen LogP contribution in [0.25, 0.3) is 0 Å². The number of esters is 3. The van der Waals surface area contributed by atoms with Crippen LogP contribution in [-0.4, -0.2) is 56.2 Å². The largest absolute Gasteiger partial charge is 0.466 e. The van der Waals surface area contributed by atoms with Crippen molar-refractivity contribution >= 4 is 23.7 Å². The summed E-state index contributed by atoms with van der Waals surface area (Å²) in [6.45, 7) is 10.8. The van der Waals surface area contributed by atoms with Gasteiger partial charge in [-0.25, -0.2) is 0 Å². The molecule has 0 aromatic rings. The van der Waals surface area contributed by atoms with Gasteiger partial charge >= 0.3 is 17.9 Å². The summed E-state index contributed by atoms with van der Waals surface area (Å²) in [6.07, 6.45) is 82.1. The summed E-state index contributed by atoms with van der Waals surface area (Å²) in [5, 5.41) is 0. The van der Waals surface area contributed by atoms with E-state index >= 15 is 0 Å². The first-order valence-corrected chi connectivity index (χ1v) is 39.3. The zero-order chi connectivity index (χ0) is 63.8. The topological polar surface area (TPSA) is 105 Å². The second kappa shape index (κ2) is 73.6. The quantitative estimate of drug-likeness (QED) is 0.0257. The van der Waals surface area contributed by atoms with Crippen LogP contribution < -0.4 is 0 Å². The molecule has 0 N–H and O–H groups in total. The van der Waals surface area contributed by atoms with Crippen molar-refractivity contribution in [3.63, 3.8) is 0 Å². The highest BCUT2D eigenvalue weighted by atomic mass is 16.5. The summed E-state index contributed by atoms with van der Waals surface area (Å²) in [5.41, 5.74) is 0. The third-order valence-corrected chi connectivity index (χ3v) is 18.1. The van der Waals surface area contributed by atoms with Crippen LogP contribution in [0.5, 0.6) is 0 Å². The number of carbonyl (C=O) groups is 4. The van der Waals surface area contributed by atoms with Crippen molar-refractivity contribution in [2.75, 3.05) is 26.4 Å². The smallest absolute Gasteiger partial charge is 0.305 e. The summed E-state index contributed by atoms with van der Waals surface area (Å²) in [5.74, 6) is 0.316. The summed E-state index contributed by atoms with van der Waals surface area (Å²) in [4.78, 5) is 50.1.